The summed E-state index contributed by atoms with van der Waals surface area (Å²) in [5.74, 6) is -0.397. The molecule has 1 aromatic heterocycles. The number of imide groups is 1. The number of ether oxygens (including phenoxy) is 1. The quantitative estimate of drug-likeness (QED) is 0.531. The summed E-state index contributed by atoms with van der Waals surface area (Å²) in [4.78, 5) is 38.6. The van der Waals surface area contributed by atoms with Gasteiger partial charge in [-0.1, -0.05) is 38.1 Å². The third kappa shape index (κ3) is 4.73. The molecular formula is C24H28N4O3. The fourth-order valence-electron chi connectivity index (χ4n) is 4.16. The first-order valence-electron chi connectivity index (χ1n) is 10.8. The number of aliphatic imine (C=N–C) groups is 1. The van der Waals surface area contributed by atoms with E-state index in [1.54, 1.807) is 42.7 Å². The minimum absolute atomic E-state index is 0.00575. The van der Waals surface area contributed by atoms with Gasteiger partial charge in [0.15, 0.2) is 0 Å². The number of amides is 2. The van der Waals surface area contributed by atoms with Crippen LogP contribution in [0.5, 0.6) is 0 Å². The van der Waals surface area contributed by atoms with E-state index in [0.717, 1.165) is 24.5 Å². The zero-order valence-corrected chi connectivity index (χ0v) is 18.0. The van der Waals surface area contributed by atoms with E-state index in [1.165, 1.54) is 0 Å². The van der Waals surface area contributed by atoms with Crippen LogP contribution in [-0.2, 0) is 9.53 Å². The van der Waals surface area contributed by atoms with Gasteiger partial charge in [-0.05, 0) is 29.7 Å². The maximum Gasteiger partial charge on any atom is 0.266 e. The highest BCUT2D eigenvalue weighted by Crippen LogP contribution is 2.31. The topological polar surface area (TPSA) is 75.1 Å². The SMILES string of the molecule is CC(C)CN1CCO[C@@H](CN=CC2C(=O)N(c3ccccn3)C(=O)c3ccccc32)C1. The summed E-state index contributed by atoms with van der Waals surface area (Å²) in [6.45, 7) is 8.42. The number of fused-ring (bicyclic) bond motifs is 1. The largest absolute Gasteiger partial charge is 0.374 e. The fraction of sp³-hybridized carbons (Fsp3) is 0.417. The van der Waals surface area contributed by atoms with Crippen molar-refractivity contribution in [2.75, 3.05) is 37.7 Å². The van der Waals surface area contributed by atoms with Gasteiger partial charge >= 0.3 is 0 Å². The molecule has 2 aliphatic rings. The van der Waals surface area contributed by atoms with Crippen LogP contribution in [0.4, 0.5) is 5.82 Å². The Morgan fingerprint density at radius 1 is 1.19 bits per heavy atom. The van der Waals surface area contributed by atoms with Crippen LogP contribution in [0, 0.1) is 5.92 Å². The Morgan fingerprint density at radius 3 is 2.77 bits per heavy atom. The van der Waals surface area contributed by atoms with Gasteiger partial charge in [-0.2, -0.15) is 0 Å². The molecule has 162 valence electrons. The number of anilines is 1. The van der Waals surface area contributed by atoms with Crippen LogP contribution in [0.25, 0.3) is 0 Å². The minimum Gasteiger partial charge on any atom is -0.374 e. The van der Waals surface area contributed by atoms with Crippen molar-refractivity contribution in [2.45, 2.75) is 25.9 Å². The Hall–Kier alpha value is -2.90. The molecule has 4 rings (SSSR count). The number of hydrogen-bond donors (Lipinski definition) is 0. The normalized spacial score (nSPS) is 22.4. The molecule has 0 aliphatic carbocycles. The number of pyridine rings is 1. The Morgan fingerprint density at radius 2 is 2.00 bits per heavy atom. The summed E-state index contributed by atoms with van der Waals surface area (Å²) in [7, 11) is 0. The molecule has 1 aromatic carbocycles. The Kier molecular flexibility index (Phi) is 6.53. The number of morpholine rings is 1. The molecule has 0 spiro atoms. The lowest BCUT2D eigenvalue weighted by Gasteiger charge is -2.33. The van der Waals surface area contributed by atoms with Crippen LogP contribution in [0.3, 0.4) is 0 Å². The Bertz CT molecular complexity index is 960. The second-order valence-electron chi connectivity index (χ2n) is 8.39. The monoisotopic (exact) mass is 420 g/mol. The molecule has 0 bridgehead atoms. The predicted octanol–water partition coefficient (Wildman–Crippen LogP) is 2.78. The van der Waals surface area contributed by atoms with E-state index in [-0.39, 0.29) is 17.9 Å². The van der Waals surface area contributed by atoms with Crippen LogP contribution < -0.4 is 4.90 Å². The first-order chi connectivity index (χ1) is 15.0. The summed E-state index contributed by atoms with van der Waals surface area (Å²) in [6.07, 6.45) is 3.24. The molecule has 3 heterocycles. The van der Waals surface area contributed by atoms with E-state index in [4.69, 9.17) is 4.74 Å². The van der Waals surface area contributed by atoms with Crippen LogP contribution in [0.1, 0.15) is 35.7 Å². The second kappa shape index (κ2) is 9.49. The van der Waals surface area contributed by atoms with Crippen molar-refractivity contribution in [3.05, 3.63) is 59.8 Å². The Balaban J connectivity index is 1.53. The summed E-state index contributed by atoms with van der Waals surface area (Å²) in [6, 6.07) is 12.4. The molecule has 7 nitrogen and oxygen atoms in total. The van der Waals surface area contributed by atoms with Crippen molar-refractivity contribution in [2.24, 2.45) is 10.9 Å². The van der Waals surface area contributed by atoms with Crippen LogP contribution >= 0.6 is 0 Å². The number of benzene rings is 1. The summed E-state index contributed by atoms with van der Waals surface area (Å²) >= 11 is 0. The van der Waals surface area contributed by atoms with Gasteiger partial charge in [0.1, 0.15) is 5.82 Å². The average molecular weight is 421 g/mol. The van der Waals surface area contributed by atoms with Crippen molar-refractivity contribution >= 4 is 23.8 Å². The summed E-state index contributed by atoms with van der Waals surface area (Å²) in [5, 5.41) is 0. The van der Waals surface area contributed by atoms with E-state index >= 15 is 0 Å². The first-order valence-corrected chi connectivity index (χ1v) is 10.8. The summed E-state index contributed by atoms with van der Waals surface area (Å²) in [5.41, 5.74) is 1.18. The smallest absolute Gasteiger partial charge is 0.266 e. The highest BCUT2D eigenvalue weighted by atomic mass is 16.5. The number of carbonyl (C=O) groups excluding carboxylic acids is 2. The minimum atomic E-state index is -0.633. The van der Waals surface area contributed by atoms with Gasteiger partial charge in [0, 0.05) is 37.6 Å². The lowest BCUT2D eigenvalue weighted by Crippen LogP contribution is -2.46. The van der Waals surface area contributed by atoms with E-state index in [0.29, 0.717) is 36.0 Å². The molecule has 0 radical (unpaired) electrons. The zero-order valence-electron chi connectivity index (χ0n) is 18.0. The number of rotatable bonds is 6. The molecule has 0 N–H and O–H groups in total. The second-order valence-corrected chi connectivity index (χ2v) is 8.39. The molecule has 7 heteroatoms. The zero-order chi connectivity index (χ0) is 21.8. The molecule has 2 amide bonds. The van der Waals surface area contributed by atoms with Crippen molar-refractivity contribution in [1.29, 1.82) is 0 Å². The number of aromatic nitrogens is 1. The van der Waals surface area contributed by atoms with Gasteiger partial charge in [-0.15, -0.1) is 0 Å². The van der Waals surface area contributed by atoms with Crippen molar-refractivity contribution in [3.63, 3.8) is 0 Å². The van der Waals surface area contributed by atoms with E-state index in [1.807, 2.05) is 12.1 Å². The van der Waals surface area contributed by atoms with Crippen LogP contribution in [0.15, 0.2) is 53.7 Å². The van der Waals surface area contributed by atoms with E-state index in [2.05, 4.69) is 28.7 Å². The highest BCUT2D eigenvalue weighted by Gasteiger charge is 2.39. The van der Waals surface area contributed by atoms with Gasteiger partial charge in [-0.25, -0.2) is 9.88 Å². The van der Waals surface area contributed by atoms with E-state index in [9.17, 15) is 9.59 Å². The van der Waals surface area contributed by atoms with E-state index < -0.39 is 5.92 Å². The number of hydrogen-bond acceptors (Lipinski definition) is 6. The molecular weight excluding hydrogens is 392 g/mol. The molecule has 1 fully saturated rings. The molecule has 0 saturated carbocycles. The van der Waals surface area contributed by atoms with Crippen LogP contribution in [0.2, 0.25) is 0 Å². The van der Waals surface area contributed by atoms with Gasteiger partial charge in [0.2, 0.25) is 5.91 Å². The van der Waals surface area contributed by atoms with Crippen molar-refractivity contribution < 1.29 is 14.3 Å². The maximum absolute atomic E-state index is 13.3. The van der Waals surface area contributed by atoms with Gasteiger partial charge in [0.05, 0.1) is 25.2 Å². The molecule has 1 saturated heterocycles. The van der Waals surface area contributed by atoms with Crippen LogP contribution in [-0.4, -0.2) is 66.8 Å². The fourth-order valence-corrected chi connectivity index (χ4v) is 4.16. The molecule has 31 heavy (non-hydrogen) atoms. The predicted molar refractivity (Wildman–Crippen MR) is 120 cm³/mol. The third-order valence-electron chi connectivity index (χ3n) is 5.50. The first kappa shape index (κ1) is 21.3. The third-order valence-corrected chi connectivity index (χ3v) is 5.50. The maximum atomic E-state index is 13.3. The molecule has 2 aliphatic heterocycles. The number of nitrogens with zero attached hydrogens (tertiary/aromatic N) is 4. The molecule has 2 aromatic rings. The Labute approximate surface area is 182 Å². The molecule has 1 unspecified atom stereocenters. The average Bonchev–Trinajstić information content (AvgIpc) is 2.77. The molecule has 2 atom stereocenters. The van der Waals surface area contributed by atoms with Crippen molar-refractivity contribution in [3.8, 4) is 0 Å². The highest BCUT2D eigenvalue weighted by molar-refractivity contribution is 6.28. The number of carbonyl (C=O) groups is 2. The van der Waals surface area contributed by atoms with Gasteiger partial charge < -0.3 is 4.74 Å². The van der Waals surface area contributed by atoms with Gasteiger partial charge in [-0.3, -0.25) is 19.5 Å². The van der Waals surface area contributed by atoms with Gasteiger partial charge in [0.25, 0.3) is 5.91 Å². The lowest BCUT2D eigenvalue weighted by molar-refractivity contribution is -0.118. The summed E-state index contributed by atoms with van der Waals surface area (Å²) < 4.78 is 5.87. The van der Waals surface area contributed by atoms with Crippen molar-refractivity contribution in [1.82, 2.24) is 9.88 Å². The lowest BCUT2D eigenvalue weighted by atomic mass is 9.89. The standard InChI is InChI=1S/C24H28N4O3/c1-17(2)15-27-11-12-31-18(16-27)13-25-14-21-19-7-3-4-8-20(19)23(29)28(24(21)30)22-9-5-6-10-26-22/h3-10,14,17-18,21H,11-13,15-16H2,1-2H3/t18-,21?/m0/s1.